The molecule has 3 heteroatoms. The van der Waals surface area contributed by atoms with Gasteiger partial charge in [-0.2, -0.15) is 0 Å². The summed E-state index contributed by atoms with van der Waals surface area (Å²) in [5.74, 6) is 1.04. The molecule has 0 rings (SSSR count). The van der Waals surface area contributed by atoms with E-state index in [2.05, 4.69) is 0 Å². The number of nitrogens with two attached hydrogens (primary N) is 2. The van der Waals surface area contributed by atoms with Crippen molar-refractivity contribution in [1.82, 2.24) is 0 Å². The van der Waals surface area contributed by atoms with E-state index in [9.17, 15) is 0 Å². The fraction of sp³-hybridized carbons (Fsp3) is 1.00. The van der Waals surface area contributed by atoms with Crippen molar-refractivity contribution in [1.29, 1.82) is 0 Å². The van der Waals surface area contributed by atoms with Gasteiger partial charge in [0, 0.05) is 5.75 Å². The van der Waals surface area contributed by atoms with Gasteiger partial charge in [0.1, 0.15) is 0 Å². The van der Waals surface area contributed by atoms with E-state index in [0.717, 1.165) is 25.1 Å². The van der Waals surface area contributed by atoms with Crippen molar-refractivity contribution in [3.8, 4) is 0 Å². The van der Waals surface area contributed by atoms with E-state index < -0.39 is 0 Å². The summed E-state index contributed by atoms with van der Waals surface area (Å²) in [5, 5.41) is 5.15. The van der Waals surface area contributed by atoms with Crippen LogP contribution in [0.5, 0.6) is 0 Å². The van der Waals surface area contributed by atoms with E-state index in [0.29, 0.717) is 0 Å². The Morgan fingerprint density at radius 2 is 2.00 bits per heavy atom. The summed E-state index contributed by atoms with van der Waals surface area (Å²) in [6.45, 7) is 0.792. The van der Waals surface area contributed by atoms with Gasteiger partial charge in [0.15, 0.2) is 0 Å². The zero-order chi connectivity index (χ0) is 5.54. The molecule has 7 heavy (non-hydrogen) atoms. The second kappa shape index (κ2) is 6.27. The maximum atomic E-state index is 5.22. The fourth-order valence-electron chi connectivity index (χ4n) is 0.330. The Labute approximate surface area is 48.8 Å². The number of hydrogen-bond acceptors (Lipinski definition) is 3. The van der Waals surface area contributed by atoms with Crippen molar-refractivity contribution in [3.05, 3.63) is 0 Å². The first-order valence-corrected chi connectivity index (χ1v) is 3.48. The van der Waals surface area contributed by atoms with E-state index >= 15 is 0 Å². The Morgan fingerprint density at radius 3 is 2.43 bits per heavy atom. The molecule has 0 aliphatic rings. The van der Waals surface area contributed by atoms with E-state index in [4.69, 9.17) is 10.9 Å². The first kappa shape index (κ1) is 7.27. The first-order valence-electron chi connectivity index (χ1n) is 2.43. The van der Waals surface area contributed by atoms with Crippen LogP contribution in [-0.2, 0) is 0 Å². The fourth-order valence-corrected chi connectivity index (χ4v) is 0.701. The first-order chi connectivity index (χ1) is 3.41. The molecule has 2 nitrogen and oxygen atoms in total. The van der Waals surface area contributed by atoms with Crippen molar-refractivity contribution >= 4 is 11.9 Å². The third kappa shape index (κ3) is 6.27. The summed E-state index contributed by atoms with van der Waals surface area (Å²) >= 11 is 1.39. The highest BCUT2D eigenvalue weighted by Crippen LogP contribution is 1.92. The lowest BCUT2D eigenvalue weighted by Gasteiger charge is -1.90. The van der Waals surface area contributed by atoms with E-state index in [-0.39, 0.29) is 0 Å². The second-order valence-electron chi connectivity index (χ2n) is 1.37. The Morgan fingerprint density at radius 1 is 1.29 bits per heavy atom. The Kier molecular flexibility index (Phi) is 6.51. The van der Waals surface area contributed by atoms with Gasteiger partial charge in [0.25, 0.3) is 0 Å². The minimum atomic E-state index is 0.792. The molecule has 0 saturated heterocycles. The largest absolute Gasteiger partial charge is 0.330 e. The Bertz CT molecular complexity index is 28.9. The van der Waals surface area contributed by atoms with Crippen LogP contribution < -0.4 is 10.9 Å². The van der Waals surface area contributed by atoms with E-state index in [1.165, 1.54) is 11.9 Å². The van der Waals surface area contributed by atoms with Gasteiger partial charge >= 0.3 is 0 Å². The summed E-state index contributed by atoms with van der Waals surface area (Å²) < 4.78 is 0. The van der Waals surface area contributed by atoms with Gasteiger partial charge in [0.2, 0.25) is 0 Å². The third-order valence-corrected chi connectivity index (χ3v) is 1.24. The molecule has 0 spiro atoms. The lowest BCUT2D eigenvalue weighted by Crippen LogP contribution is -1.98. The summed E-state index contributed by atoms with van der Waals surface area (Å²) in [7, 11) is 0. The highest BCUT2D eigenvalue weighted by molar-refractivity contribution is 7.97. The molecule has 0 aromatic carbocycles. The molecule has 0 radical (unpaired) electrons. The van der Waals surface area contributed by atoms with Crippen molar-refractivity contribution in [2.75, 3.05) is 12.3 Å². The van der Waals surface area contributed by atoms with Gasteiger partial charge < -0.3 is 5.73 Å². The lowest BCUT2D eigenvalue weighted by atomic mass is 10.3. The number of unbranched alkanes of at least 4 members (excludes halogenated alkanes) is 1. The molecular weight excluding hydrogens is 108 g/mol. The van der Waals surface area contributed by atoms with Crippen LogP contribution in [0.15, 0.2) is 0 Å². The molecule has 4 N–H and O–H groups in total. The smallest absolute Gasteiger partial charge is 0.00769 e. The zero-order valence-electron chi connectivity index (χ0n) is 4.39. The molecular formula is C4H12N2S. The highest BCUT2D eigenvalue weighted by Gasteiger charge is 1.80. The molecule has 0 aliphatic heterocycles. The Balaban J connectivity index is 2.45. The van der Waals surface area contributed by atoms with Gasteiger partial charge in [-0.05, 0) is 19.4 Å². The van der Waals surface area contributed by atoms with Gasteiger partial charge in [-0.3, -0.25) is 5.14 Å². The van der Waals surface area contributed by atoms with Crippen molar-refractivity contribution in [2.24, 2.45) is 10.9 Å². The molecule has 0 fully saturated rings. The SMILES string of the molecule is NCCCCSN. The predicted octanol–water partition coefficient (Wildman–Crippen LogP) is 0.332. The second-order valence-corrected chi connectivity index (χ2v) is 2.11. The molecule has 0 aliphatic carbocycles. The van der Waals surface area contributed by atoms with Crippen LogP contribution in [0.3, 0.4) is 0 Å². The molecule has 44 valence electrons. The molecule has 0 atom stereocenters. The van der Waals surface area contributed by atoms with Gasteiger partial charge in [-0.25, -0.2) is 0 Å². The minimum Gasteiger partial charge on any atom is -0.330 e. The van der Waals surface area contributed by atoms with Gasteiger partial charge in [-0.1, -0.05) is 11.9 Å². The van der Waals surface area contributed by atoms with E-state index in [1.807, 2.05) is 0 Å². The maximum absolute atomic E-state index is 5.22. The normalized spacial score (nSPS) is 9.43. The van der Waals surface area contributed by atoms with Gasteiger partial charge in [-0.15, -0.1) is 0 Å². The predicted molar refractivity (Wildman–Crippen MR) is 34.9 cm³/mol. The third-order valence-electron chi connectivity index (χ3n) is 0.716. The van der Waals surface area contributed by atoms with Crippen molar-refractivity contribution < 1.29 is 0 Å². The summed E-state index contributed by atoms with van der Waals surface area (Å²) in [6.07, 6.45) is 2.25. The topological polar surface area (TPSA) is 52.0 Å². The average Bonchev–Trinajstić information content (AvgIpc) is 1.69. The number of hydrogen-bond donors (Lipinski definition) is 2. The molecule has 0 aromatic heterocycles. The molecule has 0 aromatic rings. The molecule has 0 heterocycles. The quantitative estimate of drug-likeness (QED) is 0.415. The maximum Gasteiger partial charge on any atom is 0.00769 e. The standard InChI is InChI=1S/C4H12N2S/c5-3-1-2-4-7-6/h1-6H2. The van der Waals surface area contributed by atoms with Crippen LogP contribution >= 0.6 is 11.9 Å². The summed E-state index contributed by atoms with van der Waals surface area (Å²) in [6, 6.07) is 0. The summed E-state index contributed by atoms with van der Waals surface area (Å²) in [5.41, 5.74) is 5.22. The van der Waals surface area contributed by atoms with Crippen molar-refractivity contribution in [2.45, 2.75) is 12.8 Å². The minimum absolute atomic E-state index is 0.792. The lowest BCUT2D eigenvalue weighted by molar-refractivity contribution is 0.815. The monoisotopic (exact) mass is 120 g/mol. The van der Waals surface area contributed by atoms with Crippen LogP contribution in [0.1, 0.15) is 12.8 Å². The Hall–Kier alpha value is 0.270. The van der Waals surface area contributed by atoms with Crippen LogP contribution in [0.2, 0.25) is 0 Å². The molecule has 0 saturated carbocycles. The summed E-state index contributed by atoms with van der Waals surface area (Å²) in [4.78, 5) is 0. The molecule has 0 amide bonds. The van der Waals surface area contributed by atoms with Gasteiger partial charge in [0.05, 0.1) is 0 Å². The zero-order valence-corrected chi connectivity index (χ0v) is 5.21. The van der Waals surface area contributed by atoms with Crippen LogP contribution in [0.25, 0.3) is 0 Å². The molecule has 0 unspecified atom stereocenters. The molecule has 0 bridgehead atoms. The van der Waals surface area contributed by atoms with E-state index in [1.54, 1.807) is 0 Å². The van der Waals surface area contributed by atoms with Crippen LogP contribution in [0, 0.1) is 0 Å². The number of rotatable bonds is 4. The van der Waals surface area contributed by atoms with Crippen LogP contribution in [0.4, 0.5) is 0 Å². The van der Waals surface area contributed by atoms with Crippen molar-refractivity contribution in [3.63, 3.8) is 0 Å². The highest BCUT2D eigenvalue weighted by atomic mass is 32.2. The van der Waals surface area contributed by atoms with Crippen LogP contribution in [-0.4, -0.2) is 12.3 Å². The average molecular weight is 120 g/mol.